The highest BCUT2D eigenvalue weighted by molar-refractivity contribution is 7.98. The summed E-state index contributed by atoms with van der Waals surface area (Å²) >= 11 is 1.42. The lowest BCUT2D eigenvalue weighted by Crippen LogP contribution is -2.30. The van der Waals surface area contributed by atoms with Crippen LogP contribution in [-0.4, -0.2) is 59.9 Å². The number of nitrogen functional groups attached to an aromatic ring is 1. The molecule has 3 rings (SSSR count). The first-order chi connectivity index (χ1) is 10.1. The van der Waals surface area contributed by atoms with Gasteiger partial charge in [0.1, 0.15) is 16.6 Å². The number of hydrogen-bond acceptors (Lipinski definition) is 8. The van der Waals surface area contributed by atoms with Crippen LogP contribution < -0.4 is 5.73 Å². The number of hydrogen-bond donors (Lipinski definition) is 4. The maximum atomic E-state index is 10.2. The lowest BCUT2D eigenvalue weighted by Gasteiger charge is -2.18. The van der Waals surface area contributed by atoms with Crippen molar-refractivity contribution < 1.29 is 15.3 Å². The van der Waals surface area contributed by atoms with Gasteiger partial charge in [0.25, 0.3) is 0 Å². The minimum Gasteiger partial charge on any atom is -0.396 e. The van der Waals surface area contributed by atoms with E-state index in [1.54, 1.807) is 10.9 Å². The molecule has 2 heterocycles. The van der Waals surface area contributed by atoms with Crippen LogP contribution in [0, 0.1) is 5.92 Å². The Morgan fingerprint density at radius 2 is 2.14 bits per heavy atom. The molecular formula is C12H17N5O3S. The van der Waals surface area contributed by atoms with Gasteiger partial charge in [-0.1, -0.05) is 0 Å². The number of aliphatic hydroxyl groups excluding tert-OH is 3. The molecule has 0 aromatic carbocycles. The van der Waals surface area contributed by atoms with Crippen LogP contribution in [0.3, 0.4) is 0 Å². The van der Waals surface area contributed by atoms with Gasteiger partial charge in [-0.3, -0.25) is 0 Å². The third-order valence-corrected chi connectivity index (χ3v) is 4.63. The van der Waals surface area contributed by atoms with Crippen LogP contribution in [-0.2, 0) is 0 Å². The van der Waals surface area contributed by atoms with E-state index in [1.165, 1.54) is 11.8 Å². The molecule has 0 bridgehead atoms. The van der Waals surface area contributed by atoms with Crippen molar-refractivity contribution in [2.45, 2.75) is 29.7 Å². The van der Waals surface area contributed by atoms with Crippen molar-refractivity contribution in [3.05, 3.63) is 6.33 Å². The number of nitrogens with two attached hydrogens (primary N) is 1. The maximum absolute atomic E-state index is 10.2. The van der Waals surface area contributed by atoms with E-state index in [2.05, 4.69) is 15.0 Å². The van der Waals surface area contributed by atoms with Crippen LogP contribution in [0.25, 0.3) is 11.2 Å². The third-order valence-electron chi connectivity index (χ3n) is 3.96. The monoisotopic (exact) mass is 311 g/mol. The third kappa shape index (κ3) is 2.26. The standard InChI is InChI=1S/C12H17N5O3S/c1-21-11-7-10(15-12(13)16-11)17(4-14-7)6-2-5(3-18)8(19)9(6)20/h4-6,8-9,18-20H,2-3H2,1H3,(H2,13,15,16)/t5-,6-,8-,9+/m0/s1. The molecule has 0 spiro atoms. The number of anilines is 1. The van der Waals surface area contributed by atoms with Gasteiger partial charge in [0.15, 0.2) is 5.65 Å². The van der Waals surface area contributed by atoms with Crippen LogP contribution in [0.1, 0.15) is 12.5 Å². The van der Waals surface area contributed by atoms with Crippen LogP contribution in [0.4, 0.5) is 5.95 Å². The van der Waals surface area contributed by atoms with Crippen LogP contribution in [0.5, 0.6) is 0 Å². The first-order valence-corrected chi connectivity index (χ1v) is 7.80. The second-order valence-corrected chi connectivity index (χ2v) is 5.94. The number of aromatic nitrogens is 4. The maximum Gasteiger partial charge on any atom is 0.223 e. The van der Waals surface area contributed by atoms with E-state index in [4.69, 9.17) is 5.73 Å². The van der Waals surface area contributed by atoms with Gasteiger partial charge in [-0.05, 0) is 12.7 Å². The van der Waals surface area contributed by atoms with Crippen molar-refractivity contribution in [3.63, 3.8) is 0 Å². The second kappa shape index (κ2) is 5.41. The molecule has 0 aliphatic heterocycles. The predicted molar refractivity (Wildman–Crippen MR) is 77.8 cm³/mol. The summed E-state index contributed by atoms with van der Waals surface area (Å²) in [6.07, 6.45) is 1.95. The van der Waals surface area contributed by atoms with Crippen LogP contribution in [0.2, 0.25) is 0 Å². The molecule has 0 radical (unpaired) electrons. The van der Waals surface area contributed by atoms with Crippen molar-refractivity contribution in [1.82, 2.24) is 19.5 Å². The Bertz CT molecular complexity index is 664. The minimum atomic E-state index is -0.978. The Kier molecular flexibility index (Phi) is 3.74. The van der Waals surface area contributed by atoms with Crippen molar-refractivity contribution in [2.24, 2.45) is 5.92 Å². The molecule has 0 saturated heterocycles. The molecule has 8 nitrogen and oxygen atoms in total. The molecule has 5 N–H and O–H groups in total. The zero-order valence-electron chi connectivity index (χ0n) is 11.4. The van der Waals surface area contributed by atoms with Gasteiger partial charge < -0.3 is 25.6 Å². The molecule has 0 amide bonds. The van der Waals surface area contributed by atoms with Gasteiger partial charge in [0.05, 0.1) is 18.5 Å². The lowest BCUT2D eigenvalue weighted by molar-refractivity contribution is -0.00370. The van der Waals surface area contributed by atoms with E-state index >= 15 is 0 Å². The summed E-state index contributed by atoms with van der Waals surface area (Å²) in [4.78, 5) is 12.6. The van der Waals surface area contributed by atoms with Crippen molar-refractivity contribution in [3.8, 4) is 0 Å². The van der Waals surface area contributed by atoms with Gasteiger partial charge in [-0.2, -0.15) is 4.98 Å². The number of imidazole rings is 1. The van der Waals surface area contributed by atoms with E-state index < -0.39 is 18.2 Å². The molecule has 21 heavy (non-hydrogen) atoms. The predicted octanol–water partition coefficient (Wildman–Crippen LogP) is -0.595. The Hall–Kier alpha value is -1.42. The minimum absolute atomic E-state index is 0.139. The summed E-state index contributed by atoms with van der Waals surface area (Å²) in [5.41, 5.74) is 6.86. The number of aliphatic hydroxyl groups is 3. The Balaban J connectivity index is 2.07. The zero-order chi connectivity index (χ0) is 15.1. The fraction of sp³-hybridized carbons (Fsp3) is 0.583. The smallest absolute Gasteiger partial charge is 0.223 e. The van der Waals surface area contributed by atoms with Crippen molar-refractivity contribution in [2.75, 3.05) is 18.6 Å². The molecule has 1 fully saturated rings. The van der Waals surface area contributed by atoms with E-state index in [-0.39, 0.29) is 18.5 Å². The van der Waals surface area contributed by atoms with Gasteiger partial charge in [0.2, 0.25) is 5.95 Å². The van der Waals surface area contributed by atoms with Crippen molar-refractivity contribution >= 4 is 28.9 Å². The van der Waals surface area contributed by atoms with Gasteiger partial charge in [-0.25, -0.2) is 9.97 Å². The summed E-state index contributed by atoms with van der Waals surface area (Å²) in [5, 5.41) is 30.1. The zero-order valence-corrected chi connectivity index (χ0v) is 12.2. The summed E-state index contributed by atoms with van der Waals surface area (Å²) in [6.45, 7) is -0.172. The molecule has 2 aromatic rings. The topological polar surface area (TPSA) is 130 Å². The normalized spacial score (nSPS) is 29.3. The summed E-state index contributed by atoms with van der Waals surface area (Å²) in [7, 11) is 0. The van der Waals surface area contributed by atoms with Crippen LogP contribution >= 0.6 is 11.8 Å². The number of nitrogens with zero attached hydrogens (tertiary/aromatic N) is 4. The molecular weight excluding hydrogens is 294 g/mol. The molecule has 9 heteroatoms. The fourth-order valence-corrected chi connectivity index (χ4v) is 3.37. The SMILES string of the molecule is CSc1nc(N)nc2c1ncn2[C@H]1C[C@@H](CO)[C@H](O)[C@@H]1O. The lowest BCUT2D eigenvalue weighted by atomic mass is 10.1. The summed E-state index contributed by atoms with van der Waals surface area (Å²) in [5.74, 6) is -0.220. The molecule has 1 aliphatic rings. The fourth-order valence-electron chi connectivity index (χ4n) is 2.85. The molecule has 1 saturated carbocycles. The summed E-state index contributed by atoms with van der Waals surface area (Å²) < 4.78 is 1.70. The molecule has 2 aromatic heterocycles. The Morgan fingerprint density at radius 1 is 1.38 bits per heavy atom. The Morgan fingerprint density at radius 3 is 2.76 bits per heavy atom. The summed E-state index contributed by atoms with van der Waals surface area (Å²) in [6, 6.07) is -0.397. The number of thioether (sulfide) groups is 1. The molecule has 1 aliphatic carbocycles. The second-order valence-electron chi connectivity index (χ2n) is 5.14. The first-order valence-electron chi connectivity index (χ1n) is 6.57. The highest BCUT2D eigenvalue weighted by Crippen LogP contribution is 2.37. The average molecular weight is 311 g/mol. The number of rotatable bonds is 3. The molecule has 0 unspecified atom stereocenters. The van der Waals surface area contributed by atoms with Gasteiger partial charge >= 0.3 is 0 Å². The van der Waals surface area contributed by atoms with E-state index in [1.807, 2.05) is 6.26 Å². The first kappa shape index (κ1) is 14.5. The van der Waals surface area contributed by atoms with E-state index in [0.29, 0.717) is 22.6 Å². The molecule has 4 atom stereocenters. The van der Waals surface area contributed by atoms with Gasteiger partial charge in [-0.15, -0.1) is 11.8 Å². The van der Waals surface area contributed by atoms with Crippen LogP contribution in [0.15, 0.2) is 11.4 Å². The number of fused-ring (bicyclic) bond motifs is 1. The van der Waals surface area contributed by atoms with Crippen molar-refractivity contribution in [1.29, 1.82) is 0 Å². The van der Waals surface area contributed by atoms with Gasteiger partial charge in [0, 0.05) is 12.5 Å². The van der Waals surface area contributed by atoms with E-state index in [9.17, 15) is 15.3 Å². The largest absolute Gasteiger partial charge is 0.396 e. The quantitative estimate of drug-likeness (QED) is 0.437. The highest BCUT2D eigenvalue weighted by atomic mass is 32.2. The highest BCUT2D eigenvalue weighted by Gasteiger charge is 2.42. The molecule has 114 valence electrons. The Labute approximate surface area is 125 Å². The average Bonchev–Trinajstić information content (AvgIpc) is 3.01. The van der Waals surface area contributed by atoms with E-state index in [0.717, 1.165) is 0 Å².